The van der Waals surface area contributed by atoms with E-state index >= 15 is 0 Å². The quantitative estimate of drug-likeness (QED) is 0.877. The van der Waals surface area contributed by atoms with Crippen LogP contribution < -0.4 is 0 Å². The molecule has 2 heterocycles. The third-order valence-electron chi connectivity index (χ3n) is 1.89. The van der Waals surface area contributed by atoms with Crippen LogP contribution >= 0.6 is 15.9 Å². The Hall–Kier alpha value is -1.64. The van der Waals surface area contributed by atoms with Gasteiger partial charge < -0.3 is 5.11 Å². The van der Waals surface area contributed by atoms with Gasteiger partial charge in [-0.15, -0.1) is 0 Å². The number of imidazole rings is 1. The second-order valence-electron chi connectivity index (χ2n) is 3.07. The summed E-state index contributed by atoms with van der Waals surface area (Å²) in [6.45, 7) is 0. The van der Waals surface area contributed by atoms with E-state index in [1.807, 2.05) is 0 Å². The molecule has 0 aromatic carbocycles. The smallest absolute Gasteiger partial charge is 0.434 e. The number of carbonyl (C=O) groups is 1. The van der Waals surface area contributed by atoms with Crippen LogP contribution in [-0.4, -0.2) is 25.4 Å². The first kappa shape index (κ1) is 11.8. The SMILES string of the molecule is O=C(O)c1cn2cc(Br)c(C(F)(F)F)nc2n1. The molecule has 17 heavy (non-hydrogen) atoms. The molecular formula is C8H3BrF3N3O2. The van der Waals surface area contributed by atoms with E-state index < -0.39 is 17.8 Å². The largest absolute Gasteiger partial charge is 0.476 e. The number of halogens is 4. The molecule has 0 fully saturated rings. The van der Waals surface area contributed by atoms with Crippen molar-refractivity contribution in [3.8, 4) is 0 Å². The summed E-state index contributed by atoms with van der Waals surface area (Å²) < 4.78 is 38.3. The summed E-state index contributed by atoms with van der Waals surface area (Å²) in [5.41, 5.74) is -1.52. The molecule has 90 valence electrons. The number of alkyl halides is 3. The summed E-state index contributed by atoms with van der Waals surface area (Å²) in [6, 6.07) is 0. The Morgan fingerprint density at radius 1 is 1.35 bits per heavy atom. The molecule has 2 aromatic rings. The van der Waals surface area contributed by atoms with Crippen LogP contribution in [0.4, 0.5) is 13.2 Å². The van der Waals surface area contributed by atoms with Gasteiger partial charge in [0.25, 0.3) is 0 Å². The lowest BCUT2D eigenvalue weighted by Crippen LogP contribution is -2.10. The maximum atomic E-state index is 12.5. The highest BCUT2D eigenvalue weighted by atomic mass is 79.9. The van der Waals surface area contributed by atoms with Crippen LogP contribution in [0.25, 0.3) is 5.78 Å². The van der Waals surface area contributed by atoms with Crippen LogP contribution in [0.3, 0.4) is 0 Å². The van der Waals surface area contributed by atoms with Crippen LogP contribution in [0, 0.1) is 0 Å². The van der Waals surface area contributed by atoms with Crippen molar-refractivity contribution >= 4 is 27.7 Å². The van der Waals surface area contributed by atoms with Gasteiger partial charge in [-0.05, 0) is 15.9 Å². The molecule has 2 aromatic heterocycles. The number of carboxylic acids is 1. The standard InChI is InChI=1S/C8H3BrF3N3O2/c9-3-1-15-2-4(6(16)17)13-7(15)14-5(3)8(10,11)12/h1-2H,(H,16,17). The molecule has 0 aliphatic rings. The topological polar surface area (TPSA) is 67.5 Å². The van der Waals surface area contributed by atoms with E-state index in [-0.39, 0.29) is 15.9 Å². The molecule has 0 spiro atoms. The Morgan fingerprint density at radius 2 is 2.00 bits per heavy atom. The molecule has 1 N–H and O–H groups in total. The molecule has 0 saturated heterocycles. The van der Waals surface area contributed by atoms with Gasteiger partial charge in [-0.1, -0.05) is 0 Å². The highest BCUT2D eigenvalue weighted by molar-refractivity contribution is 9.10. The zero-order chi connectivity index (χ0) is 12.8. The molecule has 9 heteroatoms. The first-order chi connectivity index (χ1) is 7.79. The predicted octanol–water partition coefficient (Wildman–Crippen LogP) is 2.21. The monoisotopic (exact) mass is 309 g/mol. The van der Waals surface area contributed by atoms with Gasteiger partial charge >= 0.3 is 12.1 Å². The zero-order valence-electron chi connectivity index (χ0n) is 7.86. The van der Waals surface area contributed by atoms with Gasteiger partial charge in [0.15, 0.2) is 11.4 Å². The predicted molar refractivity (Wildman–Crippen MR) is 52.6 cm³/mol. The molecule has 0 amide bonds. The second-order valence-corrected chi connectivity index (χ2v) is 3.93. The Bertz CT molecular complexity index is 608. The molecule has 0 aliphatic heterocycles. The van der Waals surface area contributed by atoms with E-state index in [2.05, 4.69) is 25.9 Å². The fourth-order valence-electron chi connectivity index (χ4n) is 1.20. The Kier molecular flexibility index (Phi) is 2.57. The van der Waals surface area contributed by atoms with Gasteiger partial charge in [-0.2, -0.15) is 13.2 Å². The summed E-state index contributed by atoms with van der Waals surface area (Å²) in [4.78, 5) is 17.3. The maximum absolute atomic E-state index is 12.5. The van der Waals surface area contributed by atoms with Gasteiger partial charge in [0, 0.05) is 12.4 Å². The minimum atomic E-state index is -4.63. The Balaban J connectivity index is 2.68. The second kappa shape index (κ2) is 3.69. The van der Waals surface area contributed by atoms with Crippen molar-refractivity contribution in [1.82, 2.24) is 14.4 Å². The van der Waals surface area contributed by atoms with Gasteiger partial charge in [-0.3, -0.25) is 4.40 Å². The molecule has 0 atom stereocenters. The Morgan fingerprint density at radius 3 is 2.53 bits per heavy atom. The van der Waals surface area contributed by atoms with Gasteiger partial charge in [0.1, 0.15) is 0 Å². The van der Waals surface area contributed by atoms with Crippen LogP contribution in [0.1, 0.15) is 16.2 Å². The number of hydrogen-bond donors (Lipinski definition) is 1. The van der Waals surface area contributed by atoms with Crippen molar-refractivity contribution < 1.29 is 23.1 Å². The molecule has 0 bridgehead atoms. The minimum absolute atomic E-state index is 0.285. The van der Waals surface area contributed by atoms with Crippen molar-refractivity contribution in [3.05, 3.63) is 28.3 Å². The van der Waals surface area contributed by atoms with Crippen LogP contribution in [0.2, 0.25) is 0 Å². The number of aromatic carboxylic acids is 1. The number of rotatable bonds is 1. The van der Waals surface area contributed by atoms with E-state index in [9.17, 15) is 18.0 Å². The van der Waals surface area contributed by atoms with Crippen LogP contribution in [0.5, 0.6) is 0 Å². The van der Waals surface area contributed by atoms with E-state index in [1.54, 1.807) is 0 Å². The lowest BCUT2D eigenvalue weighted by Gasteiger charge is -2.07. The number of aromatic nitrogens is 3. The van der Waals surface area contributed by atoms with Gasteiger partial charge in [0.05, 0.1) is 4.47 Å². The lowest BCUT2D eigenvalue weighted by molar-refractivity contribution is -0.141. The maximum Gasteiger partial charge on any atom is 0.434 e. The van der Waals surface area contributed by atoms with Crippen molar-refractivity contribution in [1.29, 1.82) is 0 Å². The summed E-state index contributed by atoms with van der Waals surface area (Å²) >= 11 is 2.72. The molecule has 0 saturated carbocycles. The molecule has 2 rings (SSSR count). The van der Waals surface area contributed by atoms with Crippen molar-refractivity contribution in [2.75, 3.05) is 0 Å². The highest BCUT2D eigenvalue weighted by Gasteiger charge is 2.35. The number of carboxylic acid groups (broad SMARTS) is 1. The summed E-state index contributed by atoms with van der Waals surface area (Å²) in [7, 11) is 0. The first-order valence-electron chi connectivity index (χ1n) is 4.15. The molecule has 0 radical (unpaired) electrons. The normalized spacial score (nSPS) is 12.0. The fourth-order valence-corrected chi connectivity index (χ4v) is 1.73. The summed E-state index contributed by atoms with van der Waals surface area (Å²) in [6.07, 6.45) is -2.49. The lowest BCUT2D eigenvalue weighted by atomic mass is 10.4. The molecule has 0 unspecified atom stereocenters. The Labute approximate surface area is 100 Å². The number of nitrogens with zero attached hydrogens (tertiary/aromatic N) is 3. The van der Waals surface area contributed by atoms with Gasteiger partial charge in [-0.25, -0.2) is 14.8 Å². The van der Waals surface area contributed by atoms with Crippen molar-refractivity contribution in [2.24, 2.45) is 0 Å². The van der Waals surface area contributed by atoms with Crippen LogP contribution in [0.15, 0.2) is 16.9 Å². The third kappa shape index (κ3) is 2.09. The van der Waals surface area contributed by atoms with E-state index in [0.717, 1.165) is 16.8 Å². The van der Waals surface area contributed by atoms with Crippen molar-refractivity contribution in [3.63, 3.8) is 0 Å². The van der Waals surface area contributed by atoms with Crippen LogP contribution in [-0.2, 0) is 6.18 Å². The molecule has 0 aliphatic carbocycles. The number of fused-ring (bicyclic) bond motifs is 1. The zero-order valence-corrected chi connectivity index (χ0v) is 9.45. The van der Waals surface area contributed by atoms with E-state index in [0.29, 0.717) is 0 Å². The fraction of sp³-hybridized carbons (Fsp3) is 0.125. The van der Waals surface area contributed by atoms with E-state index in [4.69, 9.17) is 5.11 Å². The van der Waals surface area contributed by atoms with Crippen molar-refractivity contribution in [2.45, 2.75) is 6.18 Å². The summed E-state index contributed by atoms with van der Waals surface area (Å²) in [5, 5.41) is 8.65. The summed E-state index contributed by atoms with van der Waals surface area (Å²) in [5.74, 6) is -1.65. The number of hydrogen-bond acceptors (Lipinski definition) is 3. The molecule has 5 nitrogen and oxygen atoms in total. The average Bonchev–Trinajstić information content (AvgIpc) is 2.57. The third-order valence-corrected chi connectivity index (χ3v) is 2.47. The molecular weight excluding hydrogens is 307 g/mol. The first-order valence-corrected chi connectivity index (χ1v) is 4.94. The highest BCUT2D eigenvalue weighted by Crippen LogP contribution is 2.33. The average molecular weight is 310 g/mol. The van der Waals surface area contributed by atoms with Gasteiger partial charge in [0.2, 0.25) is 5.78 Å². The van der Waals surface area contributed by atoms with E-state index in [1.165, 1.54) is 0 Å². The minimum Gasteiger partial charge on any atom is -0.476 e.